The predicted octanol–water partition coefficient (Wildman–Crippen LogP) is 2.30. The molecule has 1 saturated heterocycles. The molecule has 0 atom stereocenters. The largest absolute Gasteiger partial charge is 0.349 e. The van der Waals surface area contributed by atoms with Gasteiger partial charge in [0.1, 0.15) is 5.88 Å². The Morgan fingerprint density at radius 1 is 1.25 bits per heavy atom. The lowest BCUT2D eigenvalue weighted by molar-refractivity contribution is -0.129. The van der Waals surface area contributed by atoms with Crippen LogP contribution in [0.1, 0.15) is 23.2 Å². The van der Waals surface area contributed by atoms with E-state index in [0.717, 1.165) is 12.8 Å². The van der Waals surface area contributed by atoms with E-state index >= 15 is 0 Å². The third-order valence-corrected chi connectivity index (χ3v) is 3.97. The van der Waals surface area contributed by atoms with Crippen LogP contribution in [0, 0.1) is 0 Å². The second-order valence-electron chi connectivity index (χ2n) is 4.74. The van der Waals surface area contributed by atoms with Gasteiger partial charge in [0.25, 0.3) is 5.91 Å². The van der Waals surface area contributed by atoms with Gasteiger partial charge >= 0.3 is 0 Å². The first-order chi connectivity index (χ1) is 9.61. The van der Waals surface area contributed by atoms with E-state index < -0.39 is 0 Å². The summed E-state index contributed by atoms with van der Waals surface area (Å²) in [5.41, 5.74) is 0.480. The van der Waals surface area contributed by atoms with Gasteiger partial charge in [0.05, 0.1) is 10.6 Å². The molecule has 0 unspecified atom stereocenters. The van der Waals surface area contributed by atoms with Crippen LogP contribution in [0.4, 0.5) is 0 Å². The molecule has 0 spiro atoms. The fraction of sp³-hybridized carbons (Fsp3) is 0.429. The highest BCUT2D eigenvalue weighted by atomic mass is 35.5. The second kappa shape index (κ2) is 6.95. The number of likely N-dealkylation sites (tertiary alicyclic amines) is 1. The van der Waals surface area contributed by atoms with Crippen molar-refractivity contribution in [2.24, 2.45) is 0 Å². The molecule has 1 heterocycles. The zero-order chi connectivity index (χ0) is 14.5. The lowest BCUT2D eigenvalue weighted by atomic mass is 10.0. The smallest absolute Gasteiger partial charge is 0.253 e. The number of nitrogens with zero attached hydrogens (tertiary/aromatic N) is 1. The third-order valence-electron chi connectivity index (χ3n) is 3.42. The van der Waals surface area contributed by atoms with Crippen LogP contribution in [-0.4, -0.2) is 41.7 Å². The van der Waals surface area contributed by atoms with Gasteiger partial charge in [0, 0.05) is 19.1 Å². The average molecular weight is 315 g/mol. The van der Waals surface area contributed by atoms with Crippen molar-refractivity contribution in [3.63, 3.8) is 0 Å². The van der Waals surface area contributed by atoms with E-state index in [-0.39, 0.29) is 23.7 Å². The molecule has 0 saturated carbocycles. The number of rotatable bonds is 3. The molecule has 1 aliphatic rings. The minimum Gasteiger partial charge on any atom is -0.349 e. The summed E-state index contributed by atoms with van der Waals surface area (Å²) in [5, 5.41) is 3.40. The number of piperidine rings is 1. The maximum Gasteiger partial charge on any atom is 0.253 e. The topological polar surface area (TPSA) is 49.4 Å². The quantitative estimate of drug-likeness (QED) is 0.870. The van der Waals surface area contributed by atoms with Crippen LogP contribution in [0.5, 0.6) is 0 Å². The molecule has 0 aromatic heterocycles. The zero-order valence-electron chi connectivity index (χ0n) is 10.9. The predicted molar refractivity (Wildman–Crippen MR) is 79.2 cm³/mol. The molecule has 20 heavy (non-hydrogen) atoms. The van der Waals surface area contributed by atoms with Gasteiger partial charge in [-0.1, -0.05) is 23.7 Å². The molecule has 0 bridgehead atoms. The Morgan fingerprint density at radius 3 is 2.50 bits per heavy atom. The number of hydrogen-bond donors (Lipinski definition) is 1. The Labute approximate surface area is 128 Å². The summed E-state index contributed by atoms with van der Waals surface area (Å²) in [7, 11) is 0. The molecule has 0 aliphatic carbocycles. The standard InChI is InChI=1S/C14H16Cl2N2O2/c15-9-13(19)18-7-5-10(6-8-18)17-14(20)11-3-1-2-4-12(11)16/h1-4,10H,5-9H2,(H,17,20). The monoisotopic (exact) mass is 314 g/mol. The number of amides is 2. The summed E-state index contributed by atoms with van der Waals surface area (Å²) in [6.07, 6.45) is 1.47. The molecule has 108 valence electrons. The fourth-order valence-electron chi connectivity index (χ4n) is 2.27. The van der Waals surface area contributed by atoms with E-state index in [1.807, 2.05) is 0 Å². The summed E-state index contributed by atoms with van der Waals surface area (Å²) in [4.78, 5) is 25.3. The molecule has 1 aromatic rings. The number of hydrogen-bond acceptors (Lipinski definition) is 2. The average Bonchev–Trinajstić information content (AvgIpc) is 2.47. The Balaban J connectivity index is 1.88. The van der Waals surface area contributed by atoms with Gasteiger partial charge in [-0.15, -0.1) is 11.6 Å². The highest BCUT2D eigenvalue weighted by molar-refractivity contribution is 6.33. The van der Waals surface area contributed by atoms with Crippen LogP contribution < -0.4 is 5.32 Å². The molecule has 1 aromatic carbocycles. The van der Waals surface area contributed by atoms with Crippen LogP contribution >= 0.6 is 23.2 Å². The molecule has 4 nitrogen and oxygen atoms in total. The number of carbonyl (C=O) groups is 2. The number of halogens is 2. The van der Waals surface area contributed by atoms with E-state index in [1.54, 1.807) is 29.2 Å². The Kier molecular flexibility index (Phi) is 5.26. The van der Waals surface area contributed by atoms with Crippen molar-refractivity contribution < 1.29 is 9.59 Å². The van der Waals surface area contributed by atoms with Crippen molar-refractivity contribution in [3.8, 4) is 0 Å². The summed E-state index contributed by atoms with van der Waals surface area (Å²) < 4.78 is 0. The fourth-order valence-corrected chi connectivity index (χ4v) is 2.66. The van der Waals surface area contributed by atoms with Gasteiger partial charge in [0.2, 0.25) is 5.91 Å². The first-order valence-electron chi connectivity index (χ1n) is 6.51. The van der Waals surface area contributed by atoms with E-state index in [9.17, 15) is 9.59 Å². The molecule has 0 radical (unpaired) electrons. The van der Waals surface area contributed by atoms with Gasteiger partial charge in [-0.2, -0.15) is 0 Å². The van der Waals surface area contributed by atoms with E-state index in [0.29, 0.717) is 23.7 Å². The summed E-state index contributed by atoms with van der Waals surface area (Å²) in [6.45, 7) is 1.25. The van der Waals surface area contributed by atoms with E-state index in [4.69, 9.17) is 23.2 Å². The number of benzene rings is 1. The molecule has 1 aliphatic heterocycles. The second-order valence-corrected chi connectivity index (χ2v) is 5.42. The van der Waals surface area contributed by atoms with Gasteiger partial charge in [0.15, 0.2) is 0 Å². The minimum atomic E-state index is -0.169. The molecular formula is C14H16Cl2N2O2. The van der Waals surface area contributed by atoms with E-state index in [2.05, 4.69) is 5.32 Å². The van der Waals surface area contributed by atoms with Crippen molar-refractivity contribution in [1.29, 1.82) is 0 Å². The van der Waals surface area contributed by atoms with Gasteiger partial charge in [-0.05, 0) is 25.0 Å². The maximum absolute atomic E-state index is 12.1. The lowest BCUT2D eigenvalue weighted by Gasteiger charge is -2.32. The number of nitrogens with one attached hydrogen (secondary N) is 1. The van der Waals surface area contributed by atoms with Gasteiger partial charge < -0.3 is 10.2 Å². The first-order valence-corrected chi connectivity index (χ1v) is 7.42. The van der Waals surface area contributed by atoms with Gasteiger partial charge in [-0.25, -0.2) is 0 Å². The van der Waals surface area contributed by atoms with Crippen molar-refractivity contribution in [3.05, 3.63) is 34.9 Å². The summed E-state index contributed by atoms with van der Waals surface area (Å²) in [6, 6.07) is 7.03. The molecule has 6 heteroatoms. The molecular weight excluding hydrogens is 299 g/mol. The number of carbonyl (C=O) groups excluding carboxylic acids is 2. The molecule has 1 fully saturated rings. The Bertz CT molecular complexity index is 500. The maximum atomic E-state index is 12.1. The normalized spacial score (nSPS) is 16.0. The highest BCUT2D eigenvalue weighted by Gasteiger charge is 2.23. The van der Waals surface area contributed by atoms with Crippen molar-refractivity contribution >= 4 is 35.0 Å². The van der Waals surface area contributed by atoms with Crippen LogP contribution in [0.2, 0.25) is 5.02 Å². The molecule has 1 N–H and O–H groups in total. The summed E-state index contributed by atoms with van der Waals surface area (Å²) in [5.74, 6) is -0.211. The molecule has 2 rings (SSSR count). The summed E-state index contributed by atoms with van der Waals surface area (Å²) >= 11 is 11.5. The Morgan fingerprint density at radius 2 is 1.90 bits per heavy atom. The minimum absolute atomic E-state index is 0.0106. The zero-order valence-corrected chi connectivity index (χ0v) is 12.5. The third kappa shape index (κ3) is 3.64. The van der Waals surface area contributed by atoms with E-state index in [1.165, 1.54) is 0 Å². The van der Waals surface area contributed by atoms with Crippen LogP contribution in [-0.2, 0) is 4.79 Å². The highest BCUT2D eigenvalue weighted by Crippen LogP contribution is 2.16. The van der Waals surface area contributed by atoms with Crippen molar-refractivity contribution in [2.45, 2.75) is 18.9 Å². The van der Waals surface area contributed by atoms with Crippen molar-refractivity contribution in [2.75, 3.05) is 19.0 Å². The van der Waals surface area contributed by atoms with Crippen LogP contribution in [0.15, 0.2) is 24.3 Å². The van der Waals surface area contributed by atoms with Crippen LogP contribution in [0.3, 0.4) is 0 Å². The molecule has 2 amide bonds. The number of alkyl halides is 1. The SMILES string of the molecule is O=C(NC1CCN(C(=O)CCl)CC1)c1ccccc1Cl. The lowest BCUT2D eigenvalue weighted by Crippen LogP contribution is -2.46. The Hall–Kier alpha value is -1.26. The first kappa shape index (κ1) is 15.1. The van der Waals surface area contributed by atoms with Crippen molar-refractivity contribution in [1.82, 2.24) is 10.2 Å². The van der Waals surface area contributed by atoms with Crippen LogP contribution in [0.25, 0.3) is 0 Å². The van der Waals surface area contributed by atoms with Gasteiger partial charge in [-0.3, -0.25) is 9.59 Å².